The maximum atomic E-state index is 9.14. The molecule has 0 spiro atoms. The van der Waals surface area contributed by atoms with Gasteiger partial charge in [-0.1, -0.05) is 85.5 Å². The van der Waals surface area contributed by atoms with Crippen molar-refractivity contribution < 1.29 is 5.11 Å². The Balaban J connectivity index is 3.38. The standard InChI is InChI=1S/C19H41NO/c1-5-6-7-8-9-10-11-12-13-14-16-20-18(15-17-21)19(2,3)4/h18,20-21H,5-17H2,1-4H3. The molecule has 0 heterocycles. The van der Waals surface area contributed by atoms with Crippen LogP contribution in [0.5, 0.6) is 0 Å². The van der Waals surface area contributed by atoms with E-state index in [-0.39, 0.29) is 12.0 Å². The minimum absolute atomic E-state index is 0.237. The Hall–Kier alpha value is -0.0800. The summed E-state index contributed by atoms with van der Waals surface area (Å²) in [6, 6.07) is 0.432. The van der Waals surface area contributed by atoms with Gasteiger partial charge < -0.3 is 10.4 Å². The van der Waals surface area contributed by atoms with Gasteiger partial charge in [-0.15, -0.1) is 0 Å². The Labute approximate surface area is 134 Å². The highest BCUT2D eigenvalue weighted by atomic mass is 16.3. The van der Waals surface area contributed by atoms with Crippen molar-refractivity contribution in [3.8, 4) is 0 Å². The molecule has 21 heavy (non-hydrogen) atoms. The number of aliphatic hydroxyl groups is 1. The summed E-state index contributed by atoms with van der Waals surface area (Å²) < 4.78 is 0. The number of hydrogen-bond donors (Lipinski definition) is 2. The molecule has 0 saturated carbocycles. The van der Waals surface area contributed by atoms with Crippen molar-refractivity contribution >= 4 is 0 Å². The molecule has 0 aliphatic heterocycles. The van der Waals surface area contributed by atoms with Crippen LogP contribution in [0.3, 0.4) is 0 Å². The molecule has 0 amide bonds. The Bertz CT molecular complexity index is 210. The molecule has 0 aliphatic rings. The zero-order chi connectivity index (χ0) is 16.0. The highest BCUT2D eigenvalue weighted by Gasteiger charge is 2.22. The van der Waals surface area contributed by atoms with E-state index in [1.54, 1.807) is 0 Å². The second-order valence-electron chi connectivity index (χ2n) is 7.57. The van der Waals surface area contributed by atoms with Gasteiger partial charge in [0.15, 0.2) is 0 Å². The first-order chi connectivity index (χ1) is 10.0. The topological polar surface area (TPSA) is 32.3 Å². The summed E-state index contributed by atoms with van der Waals surface area (Å²) in [5.74, 6) is 0. The fourth-order valence-corrected chi connectivity index (χ4v) is 2.86. The third-order valence-electron chi connectivity index (χ3n) is 4.38. The summed E-state index contributed by atoms with van der Waals surface area (Å²) in [4.78, 5) is 0. The third-order valence-corrected chi connectivity index (χ3v) is 4.38. The second-order valence-corrected chi connectivity index (χ2v) is 7.57. The van der Waals surface area contributed by atoms with E-state index in [9.17, 15) is 0 Å². The van der Waals surface area contributed by atoms with Crippen LogP contribution in [0.25, 0.3) is 0 Å². The molecule has 0 aromatic carbocycles. The molecular weight excluding hydrogens is 258 g/mol. The lowest BCUT2D eigenvalue weighted by molar-refractivity contribution is 0.197. The van der Waals surface area contributed by atoms with Gasteiger partial charge in [0.25, 0.3) is 0 Å². The predicted octanol–water partition coefficient (Wildman–Crippen LogP) is 5.29. The van der Waals surface area contributed by atoms with Crippen molar-refractivity contribution in [1.82, 2.24) is 5.32 Å². The summed E-state index contributed by atoms with van der Waals surface area (Å²) in [7, 11) is 0. The first-order valence-corrected chi connectivity index (χ1v) is 9.36. The molecule has 1 atom stereocenters. The van der Waals surface area contributed by atoms with Crippen molar-refractivity contribution in [3.63, 3.8) is 0 Å². The molecule has 0 aromatic rings. The van der Waals surface area contributed by atoms with Gasteiger partial charge in [-0.2, -0.15) is 0 Å². The van der Waals surface area contributed by atoms with Gasteiger partial charge in [0.2, 0.25) is 0 Å². The zero-order valence-corrected chi connectivity index (χ0v) is 15.2. The van der Waals surface area contributed by atoms with Crippen LogP contribution in [0.15, 0.2) is 0 Å². The number of unbranched alkanes of at least 4 members (excludes halogenated alkanes) is 9. The highest BCUT2D eigenvalue weighted by Crippen LogP contribution is 2.21. The van der Waals surface area contributed by atoms with Gasteiger partial charge in [-0.05, 0) is 24.8 Å². The third kappa shape index (κ3) is 13.3. The van der Waals surface area contributed by atoms with Gasteiger partial charge in [-0.25, -0.2) is 0 Å². The van der Waals surface area contributed by atoms with Gasteiger partial charge in [-0.3, -0.25) is 0 Å². The fourth-order valence-electron chi connectivity index (χ4n) is 2.86. The molecule has 1 unspecified atom stereocenters. The fraction of sp³-hybridized carbons (Fsp3) is 1.00. The van der Waals surface area contributed by atoms with Gasteiger partial charge in [0.05, 0.1) is 0 Å². The quantitative estimate of drug-likeness (QED) is 0.427. The monoisotopic (exact) mass is 299 g/mol. The summed E-state index contributed by atoms with van der Waals surface area (Å²) in [5, 5.41) is 12.8. The van der Waals surface area contributed by atoms with Crippen LogP contribution in [-0.2, 0) is 0 Å². The van der Waals surface area contributed by atoms with E-state index in [0.717, 1.165) is 13.0 Å². The van der Waals surface area contributed by atoms with Crippen LogP contribution in [0.1, 0.15) is 98.3 Å². The maximum Gasteiger partial charge on any atom is 0.0446 e. The van der Waals surface area contributed by atoms with Gasteiger partial charge >= 0.3 is 0 Å². The van der Waals surface area contributed by atoms with E-state index in [4.69, 9.17) is 5.11 Å². The van der Waals surface area contributed by atoms with Gasteiger partial charge in [0.1, 0.15) is 0 Å². The normalized spacial score (nSPS) is 13.6. The lowest BCUT2D eigenvalue weighted by Crippen LogP contribution is -2.41. The lowest BCUT2D eigenvalue weighted by Gasteiger charge is -2.31. The van der Waals surface area contributed by atoms with Crippen molar-refractivity contribution in [2.45, 2.75) is 104 Å². The number of hydrogen-bond acceptors (Lipinski definition) is 2. The number of nitrogens with one attached hydrogen (secondary N) is 1. The van der Waals surface area contributed by atoms with Crippen LogP contribution >= 0.6 is 0 Å². The Morgan fingerprint density at radius 2 is 1.29 bits per heavy atom. The minimum atomic E-state index is 0.237. The van der Waals surface area contributed by atoms with Crippen LogP contribution in [0.2, 0.25) is 0 Å². The van der Waals surface area contributed by atoms with Crippen LogP contribution in [0, 0.1) is 5.41 Å². The van der Waals surface area contributed by atoms with Crippen molar-refractivity contribution in [1.29, 1.82) is 0 Å². The summed E-state index contributed by atoms with van der Waals surface area (Å²) in [5.41, 5.74) is 0.237. The summed E-state index contributed by atoms with van der Waals surface area (Å²) in [6.45, 7) is 10.4. The van der Waals surface area contributed by atoms with E-state index in [1.165, 1.54) is 64.2 Å². The summed E-state index contributed by atoms with van der Waals surface area (Å²) >= 11 is 0. The number of aliphatic hydroxyl groups excluding tert-OH is 1. The first-order valence-electron chi connectivity index (χ1n) is 9.36. The maximum absolute atomic E-state index is 9.14. The van der Waals surface area contributed by atoms with Crippen LogP contribution in [0.4, 0.5) is 0 Å². The first kappa shape index (κ1) is 20.9. The SMILES string of the molecule is CCCCCCCCCCCCNC(CCO)C(C)(C)C. The molecule has 2 heteroatoms. The lowest BCUT2D eigenvalue weighted by atomic mass is 9.85. The Morgan fingerprint density at radius 1 is 0.810 bits per heavy atom. The van der Waals surface area contributed by atoms with Crippen molar-refractivity contribution in [2.24, 2.45) is 5.41 Å². The van der Waals surface area contributed by atoms with E-state index >= 15 is 0 Å². The molecule has 0 saturated heterocycles. The molecule has 128 valence electrons. The van der Waals surface area contributed by atoms with E-state index in [0.29, 0.717) is 6.04 Å². The molecular formula is C19H41NO. The smallest absolute Gasteiger partial charge is 0.0446 e. The predicted molar refractivity (Wildman–Crippen MR) is 94.8 cm³/mol. The zero-order valence-electron chi connectivity index (χ0n) is 15.2. The van der Waals surface area contributed by atoms with Crippen molar-refractivity contribution in [2.75, 3.05) is 13.2 Å². The second kappa shape index (κ2) is 13.6. The summed E-state index contributed by atoms with van der Waals surface area (Å²) in [6.07, 6.45) is 14.7. The molecule has 0 bridgehead atoms. The Kier molecular flexibility index (Phi) is 13.5. The van der Waals surface area contributed by atoms with Gasteiger partial charge in [0, 0.05) is 12.6 Å². The van der Waals surface area contributed by atoms with Crippen molar-refractivity contribution in [3.05, 3.63) is 0 Å². The van der Waals surface area contributed by atoms with E-state index in [1.807, 2.05) is 0 Å². The van der Waals surface area contributed by atoms with Crippen LogP contribution in [-0.4, -0.2) is 24.3 Å². The van der Waals surface area contributed by atoms with E-state index < -0.39 is 0 Å². The highest BCUT2D eigenvalue weighted by molar-refractivity contribution is 4.80. The van der Waals surface area contributed by atoms with E-state index in [2.05, 4.69) is 33.0 Å². The average molecular weight is 300 g/mol. The molecule has 0 fully saturated rings. The molecule has 0 aliphatic carbocycles. The average Bonchev–Trinajstić information content (AvgIpc) is 2.42. The molecule has 0 rings (SSSR count). The van der Waals surface area contributed by atoms with Crippen LogP contribution < -0.4 is 5.32 Å². The minimum Gasteiger partial charge on any atom is -0.396 e. The molecule has 0 radical (unpaired) electrons. The largest absolute Gasteiger partial charge is 0.396 e. The number of rotatable bonds is 14. The molecule has 0 aromatic heterocycles. The molecule has 2 nitrogen and oxygen atoms in total. The Morgan fingerprint density at radius 3 is 1.71 bits per heavy atom. The molecule has 2 N–H and O–H groups in total.